The van der Waals surface area contributed by atoms with Crippen LogP contribution >= 0.6 is 11.8 Å². The summed E-state index contributed by atoms with van der Waals surface area (Å²) in [6.07, 6.45) is 3.51. The molecular formula is C17H13N3S. The molecule has 1 N–H and O–H groups in total. The summed E-state index contributed by atoms with van der Waals surface area (Å²) in [4.78, 5) is 11.1. The Morgan fingerprint density at radius 2 is 1.33 bits per heavy atom. The first-order valence-corrected chi connectivity index (χ1v) is 7.63. The molecule has 4 heteroatoms. The monoisotopic (exact) mass is 291 g/mol. The average Bonchev–Trinajstić information content (AvgIpc) is 2.55. The Hall–Kier alpha value is -2.33. The lowest BCUT2D eigenvalue weighted by Gasteiger charge is -2.28. The van der Waals surface area contributed by atoms with E-state index in [2.05, 4.69) is 63.8 Å². The van der Waals surface area contributed by atoms with Crippen LogP contribution in [0.15, 0.2) is 76.8 Å². The predicted octanol–water partition coefficient (Wildman–Crippen LogP) is 4.14. The maximum Gasteiger partial charge on any atom is 0.223 e. The van der Waals surface area contributed by atoms with E-state index in [0.717, 1.165) is 0 Å². The normalized spacial score (nSPS) is 13.3. The highest BCUT2D eigenvalue weighted by molar-refractivity contribution is 7.99. The third kappa shape index (κ3) is 2.28. The molecule has 0 radical (unpaired) electrons. The van der Waals surface area contributed by atoms with Gasteiger partial charge >= 0.3 is 0 Å². The molecule has 1 aliphatic rings. The van der Waals surface area contributed by atoms with Gasteiger partial charge in [0.15, 0.2) is 0 Å². The van der Waals surface area contributed by atoms with Crippen molar-refractivity contribution in [3.63, 3.8) is 0 Å². The molecule has 0 fully saturated rings. The molecule has 0 bridgehead atoms. The number of nitrogens with one attached hydrogen (secondary N) is 1. The quantitative estimate of drug-likeness (QED) is 0.770. The van der Waals surface area contributed by atoms with Crippen molar-refractivity contribution in [1.29, 1.82) is 0 Å². The van der Waals surface area contributed by atoms with Crippen molar-refractivity contribution in [3.05, 3.63) is 78.1 Å². The number of benzene rings is 2. The zero-order valence-electron chi connectivity index (χ0n) is 11.2. The van der Waals surface area contributed by atoms with E-state index in [1.54, 1.807) is 12.4 Å². The fourth-order valence-corrected chi connectivity index (χ4v) is 3.71. The molecule has 0 unspecified atom stereocenters. The summed E-state index contributed by atoms with van der Waals surface area (Å²) in [5.41, 5.74) is 2.54. The van der Waals surface area contributed by atoms with Gasteiger partial charge in [0.2, 0.25) is 5.95 Å². The Labute approximate surface area is 127 Å². The molecule has 0 spiro atoms. The SMILES string of the molecule is c1cnc(NC2c3ccccc3Sc3ccccc32)nc1. The van der Waals surface area contributed by atoms with Crippen LogP contribution in [0.2, 0.25) is 0 Å². The summed E-state index contributed by atoms with van der Waals surface area (Å²) >= 11 is 1.82. The molecule has 4 rings (SSSR count). The van der Waals surface area contributed by atoms with E-state index < -0.39 is 0 Å². The van der Waals surface area contributed by atoms with E-state index in [1.165, 1.54) is 20.9 Å². The Balaban J connectivity index is 1.82. The van der Waals surface area contributed by atoms with Gasteiger partial charge in [-0.15, -0.1) is 0 Å². The minimum Gasteiger partial charge on any atom is -0.343 e. The lowest BCUT2D eigenvalue weighted by atomic mass is 9.98. The predicted molar refractivity (Wildman–Crippen MR) is 84.5 cm³/mol. The maximum absolute atomic E-state index is 4.29. The van der Waals surface area contributed by atoms with Crippen LogP contribution in [0.25, 0.3) is 0 Å². The highest BCUT2D eigenvalue weighted by Crippen LogP contribution is 2.45. The van der Waals surface area contributed by atoms with Crippen molar-refractivity contribution in [2.45, 2.75) is 15.8 Å². The van der Waals surface area contributed by atoms with Crippen LogP contribution in [-0.4, -0.2) is 9.97 Å². The van der Waals surface area contributed by atoms with Gasteiger partial charge in [0.25, 0.3) is 0 Å². The van der Waals surface area contributed by atoms with Crippen LogP contribution in [0.1, 0.15) is 17.2 Å². The third-order valence-electron chi connectivity index (χ3n) is 3.52. The summed E-state index contributed by atoms with van der Waals surface area (Å²) < 4.78 is 0. The van der Waals surface area contributed by atoms with E-state index in [4.69, 9.17) is 0 Å². The van der Waals surface area contributed by atoms with Gasteiger partial charge in [-0.05, 0) is 29.3 Å². The average molecular weight is 291 g/mol. The summed E-state index contributed by atoms with van der Waals surface area (Å²) in [6.45, 7) is 0. The molecule has 3 nitrogen and oxygen atoms in total. The van der Waals surface area contributed by atoms with E-state index in [1.807, 2.05) is 17.8 Å². The van der Waals surface area contributed by atoms with Crippen molar-refractivity contribution in [1.82, 2.24) is 9.97 Å². The Morgan fingerprint density at radius 1 is 0.762 bits per heavy atom. The number of nitrogens with zero attached hydrogens (tertiary/aromatic N) is 2. The summed E-state index contributed by atoms with van der Waals surface area (Å²) in [7, 11) is 0. The summed E-state index contributed by atoms with van der Waals surface area (Å²) in [6, 6.07) is 18.9. The van der Waals surface area contributed by atoms with Crippen LogP contribution in [-0.2, 0) is 0 Å². The molecule has 0 amide bonds. The fourth-order valence-electron chi connectivity index (χ4n) is 2.57. The summed E-state index contributed by atoms with van der Waals surface area (Å²) in [5, 5.41) is 3.46. The van der Waals surface area contributed by atoms with Crippen LogP contribution in [0, 0.1) is 0 Å². The van der Waals surface area contributed by atoms with Gasteiger partial charge in [0.1, 0.15) is 0 Å². The Morgan fingerprint density at radius 3 is 1.95 bits per heavy atom. The van der Waals surface area contributed by atoms with Crippen LogP contribution in [0.4, 0.5) is 5.95 Å². The molecule has 3 aromatic rings. The molecule has 2 aromatic carbocycles. The van der Waals surface area contributed by atoms with Gasteiger partial charge in [-0.2, -0.15) is 0 Å². The number of anilines is 1. The van der Waals surface area contributed by atoms with Crippen LogP contribution in [0.5, 0.6) is 0 Å². The third-order valence-corrected chi connectivity index (χ3v) is 4.70. The standard InChI is InChI=1S/C17H13N3S/c1-3-8-14-12(6-1)16(20-17-18-10-5-11-19-17)13-7-2-4-9-15(13)21-14/h1-11,16H,(H,18,19,20). The second kappa shape index (κ2) is 5.22. The van der Waals surface area contributed by atoms with E-state index >= 15 is 0 Å². The summed E-state index contributed by atoms with van der Waals surface area (Å²) in [5.74, 6) is 0.652. The highest BCUT2D eigenvalue weighted by atomic mass is 32.2. The zero-order valence-corrected chi connectivity index (χ0v) is 12.0. The molecule has 0 saturated heterocycles. The van der Waals surface area contributed by atoms with Crippen molar-refractivity contribution in [2.75, 3.05) is 5.32 Å². The first-order valence-electron chi connectivity index (χ1n) is 6.81. The lowest BCUT2D eigenvalue weighted by molar-refractivity contribution is 0.851. The molecule has 102 valence electrons. The minimum absolute atomic E-state index is 0.0843. The van der Waals surface area contributed by atoms with Gasteiger partial charge in [-0.3, -0.25) is 0 Å². The lowest BCUT2D eigenvalue weighted by Crippen LogP contribution is -2.18. The van der Waals surface area contributed by atoms with Gasteiger partial charge in [-0.1, -0.05) is 48.2 Å². The molecule has 21 heavy (non-hydrogen) atoms. The Bertz CT molecular complexity index is 728. The first-order chi connectivity index (χ1) is 10.4. The van der Waals surface area contributed by atoms with Crippen molar-refractivity contribution in [2.24, 2.45) is 0 Å². The van der Waals surface area contributed by atoms with Crippen LogP contribution < -0.4 is 5.32 Å². The minimum atomic E-state index is 0.0843. The largest absolute Gasteiger partial charge is 0.343 e. The number of hydrogen-bond acceptors (Lipinski definition) is 4. The molecule has 0 aliphatic carbocycles. The Kier molecular flexibility index (Phi) is 3.09. The molecule has 1 aromatic heterocycles. The van der Waals surface area contributed by atoms with Gasteiger partial charge < -0.3 is 5.32 Å². The van der Waals surface area contributed by atoms with Gasteiger partial charge in [0, 0.05) is 22.2 Å². The number of aromatic nitrogens is 2. The second-order valence-corrected chi connectivity index (χ2v) is 5.91. The molecule has 1 aliphatic heterocycles. The number of hydrogen-bond donors (Lipinski definition) is 1. The molecule has 2 heterocycles. The highest BCUT2D eigenvalue weighted by Gasteiger charge is 2.25. The van der Waals surface area contributed by atoms with Crippen molar-refractivity contribution in [3.8, 4) is 0 Å². The molecular weight excluding hydrogens is 278 g/mol. The molecule has 0 atom stereocenters. The first kappa shape index (κ1) is 12.4. The van der Waals surface area contributed by atoms with E-state index in [9.17, 15) is 0 Å². The smallest absolute Gasteiger partial charge is 0.223 e. The fraction of sp³-hybridized carbons (Fsp3) is 0.0588. The van der Waals surface area contributed by atoms with Crippen LogP contribution in [0.3, 0.4) is 0 Å². The van der Waals surface area contributed by atoms with Gasteiger partial charge in [0.05, 0.1) is 6.04 Å². The maximum atomic E-state index is 4.29. The van der Waals surface area contributed by atoms with Gasteiger partial charge in [-0.25, -0.2) is 9.97 Å². The zero-order chi connectivity index (χ0) is 14.1. The molecule has 0 saturated carbocycles. The van der Waals surface area contributed by atoms with Crippen molar-refractivity contribution < 1.29 is 0 Å². The number of fused-ring (bicyclic) bond motifs is 2. The van der Waals surface area contributed by atoms with E-state index in [0.29, 0.717) is 5.95 Å². The topological polar surface area (TPSA) is 37.8 Å². The number of rotatable bonds is 2. The second-order valence-electron chi connectivity index (χ2n) is 4.83. The van der Waals surface area contributed by atoms with E-state index in [-0.39, 0.29) is 6.04 Å². The van der Waals surface area contributed by atoms with Crippen molar-refractivity contribution >= 4 is 17.7 Å².